The zero-order valence-corrected chi connectivity index (χ0v) is 15.3. The Kier molecular flexibility index (Phi) is 4.05. The number of hydrogen-bond acceptors (Lipinski definition) is 8. The summed E-state index contributed by atoms with van der Waals surface area (Å²) in [6.45, 7) is 1.42. The summed E-state index contributed by atoms with van der Waals surface area (Å²) in [5.74, 6) is -4.58. The molecule has 1 aliphatic rings. The Labute approximate surface area is 177 Å². The van der Waals surface area contributed by atoms with Crippen molar-refractivity contribution in [2.45, 2.75) is 18.7 Å². The third kappa shape index (κ3) is 5.50. The molecule has 3 rings (SSSR count). The van der Waals surface area contributed by atoms with E-state index in [0.29, 0.717) is 0 Å². The summed E-state index contributed by atoms with van der Waals surface area (Å²) in [6.07, 6.45) is -2.49. The summed E-state index contributed by atoms with van der Waals surface area (Å²) in [5.41, 5.74) is 0.322. The summed E-state index contributed by atoms with van der Waals surface area (Å²) in [4.78, 5) is 29.1. The fourth-order valence-corrected chi connectivity index (χ4v) is 2.75. The number of rotatable bonds is 5. The van der Waals surface area contributed by atoms with E-state index in [1.165, 1.54) is 19.1 Å². The van der Waals surface area contributed by atoms with Crippen LogP contribution in [-0.2, 0) is 39.1 Å². The molecular weight excluding hydrogens is 405 g/mol. The summed E-state index contributed by atoms with van der Waals surface area (Å²) >= 11 is 0. The number of carbonyl (C=O) groups excluding carboxylic acids is 3. The van der Waals surface area contributed by atoms with E-state index in [9.17, 15) is 17.6 Å². The minimum atomic E-state index is -5.63. The van der Waals surface area contributed by atoms with Gasteiger partial charge in [-0.25, -0.2) is 4.39 Å². The Balaban J connectivity index is 0.00000153. The molecule has 2 aromatic rings. The van der Waals surface area contributed by atoms with Crippen LogP contribution in [0.1, 0.15) is 33.7 Å². The van der Waals surface area contributed by atoms with Crippen molar-refractivity contribution in [3.63, 3.8) is 0 Å². The average Bonchev–Trinajstić information content (AvgIpc) is 3.02. The largest absolute Gasteiger partial charge is 0.460 e. The van der Waals surface area contributed by atoms with Crippen LogP contribution in [-0.4, -0.2) is 20.4 Å². The van der Waals surface area contributed by atoms with Gasteiger partial charge in [0.25, 0.3) is 0 Å². The van der Waals surface area contributed by atoms with Gasteiger partial charge in [-0.2, -0.15) is 18.0 Å². The first-order valence-corrected chi connectivity index (χ1v) is 8.80. The number of carbonyl (C=O) groups is 1. The van der Waals surface area contributed by atoms with Crippen molar-refractivity contribution in [2.24, 2.45) is 5.73 Å². The number of ketones is 1. The number of ether oxygens (including phenoxy) is 1. The minimum Gasteiger partial charge on any atom is -0.460 e. The van der Waals surface area contributed by atoms with Crippen molar-refractivity contribution in [1.29, 1.82) is 0 Å². The lowest BCUT2D eigenvalue weighted by molar-refractivity contribution is -0.191. The van der Waals surface area contributed by atoms with Crippen LogP contribution in [0.5, 0.6) is 0 Å². The zero-order chi connectivity index (χ0) is 28.7. The molecule has 0 fully saturated rings. The van der Waals surface area contributed by atoms with Crippen LogP contribution in [0.3, 0.4) is 0 Å². The lowest BCUT2D eigenvalue weighted by Gasteiger charge is -2.10. The highest BCUT2D eigenvalue weighted by Crippen LogP contribution is 2.33. The molecule has 2 aromatic carbocycles. The summed E-state index contributed by atoms with van der Waals surface area (Å²) in [7, 11) is -5.63. The van der Waals surface area contributed by atoms with Gasteiger partial charge in [0.2, 0.25) is 17.4 Å². The average molecular weight is 429 g/mol. The molecule has 0 saturated heterocycles. The van der Waals surface area contributed by atoms with Crippen LogP contribution in [0.15, 0.2) is 60.1 Å². The SMILES string of the molecule is O=C=O.[2H]c1c([2H])c([2H])c(C([2H])([2H])S(=O)(=O)OC2=C(N)O[C@]([2H])(c3ccc(C)c(F)c3)C2=O)c([2H])c1[2H]. The topological polar surface area (TPSA) is 130 Å². The number of hydrogen-bond donors (Lipinski definition) is 1. The van der Waals surface area contributed by atoms with Crippen LogP contribution >= 0.6 is 0 Å². The van der Waals surface area contributed by atoms with E-state index in [1.54, 1.807) is 0 Å². The van der Waals surface area contributed by atoms with Crippen LogP contribution in [0, 0.1) is 12.7 Å². The van der Waals surface area contributed by atoms with Gasteiger partial charge < -0.3 is 14.7 Å². The van der Waals surface area contributed by atoms with Crippen molar-refractivity contribution < 1.29 is 47.1 Å². The molecule has 1 heterocycles. The Morgan fingerprint density at radius 1 is 1.34 bits per heavy atom. The van der Waals surface area contributed by atoms with Gasteiger partial charge in [-0.15, -0.1) is 0 Å². The highest BCUT2D eigenvalue weighted by molar-refractivity contribution is 7.86. The lowest BCUT2D eigenvalue weighted by atomic mass is 10.0. The second-order valence-electron chi connectivity index (χ2n) is 5.14. The second kappa shape index (κ2) is 9.13. The first kappa shape index (κ1) is 12.9. The zero-order valence-electron chi connectivity index (χ0n) is 22.5. The minimum absolute atomic E-state index is 0.185. The molecule has 0 aromatic heterocycles. The predicted molar refractivity (Wildman–Crippen MR) is 96.3 cm³/mol. The maximum absolute atomic E-state index is 14.0. The number of Topliss-reactive ketones (excluding diaryl/α,β-unsaturated/α-hetero) is 1. The molecule has 152 valence electrons. The Hall–Kier alpha value is -3.49. The molecule has 0 bridgehead atoms. The van der Waals surface area contributed by atoms with Crippen molar-refractivity contribution in [3.8, 4) is 0 Å². The van der Waals surface area contributed by atoms with E-state index in [1.807, 2.05) is 0 Å². The summed E-state index contributed by atoms with van der Waals surface area (Å²) < 4.78 is 112. The van der Waals surface area contributed by atoms with Crippen molar-refractivity contribution in [1.82, 2.24) is 0 Å². The van der Waals surface area contributed by atoms with Gasteiger partial charge in [0.15, 0.2) is 6.08 Å². The Bertz CT molecular complexity index is 1450. The normalized spacial score (nSPS) is 22.8. The van der Waals surface area contributed by atoms with E-state index in [0.717, 1.165) is 6.07 Å². The fourth-order valence-electron chi connectivity index (χ4n) is 1.98. The molecule has 0 aliphatic carbocycles. The van der Waals surface area contributed by atoms with E-state index >= 15 is 0 Å². The highest BCUT2D eigenvalue weighted by Gasteiger charge is 2.39. The van der Waals surface area contributed by atoms with Crippen molar-refractivity contribution in [3.05, 3.63) is 82.6 Å². The lowest BCUT2D eigenvalue weighted by Crippen LogP contribution is -2.16. The van der Waals surface area contributed by atoms with Crippen LogP contribution in [0.25, 0.3) is 0 Å². The number of nitrogens with two attached hydrogens (primary N) is 1. The molecule has 29 heavy (non-hydrogen) atoms. The molecule has 0 amide bonds. The molecule has 0 unspecified atom stereocenters. The fraction of sp³-hybridized carbons (Fsp3) is 0.158. The summed E-state index contributed by atoms with van der Waals surface area (Å²) in [6, 6.07) is -1.98. The molecule has 0 radical (unpaired) electrons. The van der Waals surface area contributed by atoms with Gasteiger partial charge in [0.05, 0.1) is 11.0 Å². The molecule has 2 N–H and O–H groups in total. The number of halogens is 1. The van der Waals surface area contributed by atoms with Crippen molar-refractivity contribution in [2.75, 3.05) is 0 Å². The second-order valence-corrected chi connectivity index (χ2v) is 6.42. The molecule has 1 atom stereocenters. The standard InChI is InChI=1S/C18H16FNO5S.CO2/c1-11-7-8-13(9-14(11)19)16-15(21)17(18(20)24-16)25-26(22,23)10-12-5-3-2-4-6-12;2-1-3/h2-9,16H,10,20H2,1H3;/t16-;/m1./s1/i2D,3D,4D,5D,6D,10D2,16D;. The van der Waals surface area contributed by atoms with Gasteiger partial charge in [-0.3, -0.25) is 4.79 Å². The first-order chi connectivity index (χ1) is 16.9. The Morgan fingerprint density at radius 2 is 1.97 bits per heavy atom. The van der Waals surface area contributed by atoms with Gasteiger partial charge in [-0.05, 0) is 24.1 Å². The first-order valence-electron chi connectivity index (χ1n) is 11.4. The van der Waals surface area contributed by atoms with Crippen LogP contribution < -0.4 is 5.73 Å². The quantitative estimate of drug-likeness (QED) is 0.713. The molecule has 0 spiro atoms. The van der Waals surface area contributed by atoms with Gasteiger partial charge in [-0.1, -0.05) is 42.3 Å². The van der Waals surface area contributed by atoms with Gasteiger partial charge in [0, 0.05) is 5.56 Å². The molecule has 0 saturated carbocycles. The number of benzene rings is 2. The Morgan fingerprint density at radius 3 is 2.55 bits per heavy atom. The third-order valence-electron chi connectivity index (χ3n) is 3.20. The third-order valence-corrected chi connectivity index (χ3v) is 4.04. The van der Waals surface area contributed by atoms with E-state index < -0.39 is 80.9 Å². The monoisotopic (exact) mass is 429 g/mol. The highest BCUT2D eigenvalue weighted by atomic mass is 32.2. The van der Waals surface area contributed by atoms with Gasteiger partial charge in [0.1, 0.15) is 11.5 Å². The molecular formula is C19H16FNO7S. The predicted octanol–water partition coefficient (Wildman–Crippen LogP) is 1.87. The van der Waals surface area contributed by atoms with E-state index in [2.05, 4.69) is 4.18 Å². The summed E-state index contributed by atoms with van der Waals surface area (Å²) in [5, 5.41) is 0. The molecule has 1 aliphatic heterocycles. The van der Waals surface area contributed by atoms with Crippen LogP contribution in [0.2, 0.25) is 0 Å². The maximum Gasteiger partial charge on any atom is 0.373 e. The van der Waals surface area contributed by atoms with E-state index in [-0.39, 0.29) is 17.3 Å². The molecule has 8 nitrogen and oxygen atoms in total. The smallest absolute Gasteiger partial charge is 0.373 e. The van der Waals surface area contributed by atoms with E-state index in [4.69, 9.17) is 31.0 Å². The van der Waals surface area contributed by atoms with Crippen molar-refractivity contribution >= 4 is 22.1 Å². The number of aryl methyl sites for hydroxylation is 1. The van der Waals surface area contributed by atoms with Crippen LogP contribution in [0.4, 0.5) is 4.39 Å². The molecule has 10 heteroatoms. The van der Waals surface area contributed by atoms with Gasteiger partial charge >= 0.3 is 16.3 Å². The maximum atomic E-state index is 14.0.